The molecule has 0 bridgehead atoms. The van der Waals surface area contributed by atoms with Gasteiger partial charge < -0.3 is 15.5 Å². The number of nitrogens with zero attached hydrogens (tertiary/aromatic N) is 1. The summed E-state index contributed by atoms with van der Waals surface area (Å²) in [7, 11) is 0. The van der Waals surface area contributed by atoms with Crippen LogP contribution in [0.1, 0.15) is 12.7 Å². The topological polar surface area (TPSA) is 63.9 Å². The predicted molar refractivity (Wildman–Crippen MR) is 68.1 cm³/mol. The summed E-state index contributed by atoms with van der Waals surface area (Å²) in [5.41, 5.74) is 7.36. The Morgan fingerprint density at radius 3 is 2.88 bits per heavy atom. The van der Waals surface area contributed by atoms with Gasteiger partial charge in [0.1, 0.15) is 11.6 Å². The first-order valence-electron chi connectivity index (χ1n) is 5.41. The van der Waals surface area contributed by atoms with Crippen molar-refractivity contribution in [2.45, 2.75) is 13.5 Å². The third-order valence-corrected chi connectivity index (χ3v) is 2.66. The van der Waals surface area contributed by atoms with Gasteiger partial charge in [0.05, 0.1) is 30.1 Å². The standard InChI is InChI=1S/C12H14ClN3O/c1-2-17-11-4-3-8(5-9(11)13)10-7-15-12(6-14)16-10/h3-5,7H,2,6,14H2,1H3,(H,15,16). The maximum atomic E-state index is 6.11. The van der Waals surface area contributed by atoms with Crippen LogP contribution in [-0.2, 0) is 6.54 Å². The Bertz CT molecular complexity index is 510. The van der Waals surface area contributed by atoms with Gasteiger partial charge in [-0.05, 0) is 25.1 Å². The van der Waals surface area contributed by atoms with Crippen LogP contribution in [0, 0.1) is 0 Å². The summed E-state index contributed by atoms with van der Waals surface area (Å²) in [5, 5.41) is 0.591. The highest BCUT2D eigenvalue weighted by atomic mass is 35.5. The van der Waals surface area contributed by atoms with E-state index in [9.17, 15) is 0 Å². The molecule has 0 spiro atoms. The van der Waals surface area contributed by atoms with Crippen molar-refractivity contribution in [3.05, 3.63) is 35.2 Å². The van der Waals surface area contributed by atoms with E-state index in [4.69, 9.17) is 22.1 Å². The van der Waals surface area contributed by atoms with Crippen molar-refractivity contribution in [1.29, 1.82) is 0 Å². The second kappa shape index (κ2) is 5.21. The summed E-state index contributed by atoms with van der Waals surface area (Å²) in [4.78, 5) is 7.27. The van der Waals surface area contributed by atoms with Gasteiger partial charge >= 0.3 is 0 Å². The van der Waals surface area contributed by atoms with Crippen LogP contribution in [0.2, 0.25) is 5.02 Å². The minimum atomic E-state index is 0.394. The van der Waals surface area contributed by atoms with Crippen LogP contribution in [0.5, 0.6) is 5.75 Å². The quantitative estimate of drug-likeness (QED) is 0.878. The van der Waals surface area contributed by atoms with E-state index in [2.05, 4.69) is 9.97 Å². The van der Waals surface area contributed by atoms with Crippen LogP contribution in [0.4, 0.5) is 0 Å². The largest absolute Gasteiger partial charge is 0.492 e. The number of nitrogens with one attached hydrogen (secondary N) is 1. The number of halogens is 1. The molecule has 0 amide bonds. The van der Waals surface area contributed by atoms with E-state index in [1.165, 1.54) is 0 Å². The van der Waals surface area contributed by atoms with Gasteiger partial charge in [0, 0.05) is 5.56 Å². The van der Waals surface area contributed by atoms with Gasteiger partial charge in [0.2, 0.25) is 0 Å². The molecule has 0 aliphatic rings. The number of H-pyrrole nitrogens is 1. The van der Waals surface area contributed by atoms with Crippen molar-refractivity contribution in [3.8, 4) is 17.0 Å². The minimum Gasteiger partial charge on any atom is -0.492 e. The molecule has 1 aromatic heterocycles. The van der Waals surface area contributed by atoms with Crippen molar-refractivity contribution in [2.24, 2.45) is 5.73 Å². The lowest BCUT2D eigenvalue weighted by atomic mass is 10.1. The molecular weight excluding hydrogens is 238 g/mol. The zero-order valence-corrected chi connectivity index (χ0v) is 10.3. The molecule has 4 nitrogen and oxygen atoms in total. The van der Waals surface area contributed by atoms with Crippen LogP contribution in [-0.4, -0.2) is 16.6 Å². The van der Waals surface area contributed by atoms with Gasteiger partial charge in [-0.1, -0.05) is 11.6 Å². The Morgan fingerprint density at radius 1 is 1.47 bits per heavy atom. The predicted octanol–water partition coefficient (Wildman–Crippen LogP) is 2.59. The molecule has 1 aromatic carbocycles. The van der Waals surface area contributed by atoms with Crippen molar-refractivity contribution in [1.82, 2.24) is 9.97 Å². The van der Waals surface area contributed by atoms with Crippen molar-refractivity contribution in [2.75, 3.05) is 6.61 Å². The summed E-state index contributed by atoms with van der Waals surface area (Å²) in [6, 6.07) is 5.63. The van der Waals surface area contributed by atoms with E-state index in [-0.39, 0.29) is 0 Å². The fraction of sp³-hybridized carbons (Fsp3) is 0.250. The SMILES string of the molecule is CCOc1ccc(-c2cnc(CN)[nH]2)cc1Cl. The lowest BCUT2D eigenvalue weighted by Crippen LogP contribution is -1.97. The smallest absolute Gasteiger partial charge is 0.137 e. The molecule has 2 aromatic rings. The molecule has 2 rings (SSSR count). The molecule has 90 valence electrons. The van der Waals surface area contributed by atoms with Crippen molar-refractivity contribution in [3.63, 3.8) is 0 Å². The zero-order chi connectivity index (χ0) is 12.3. The van der Waals surface area contributed by atoms with Gasteiger partial charge in [-0.25, -0.2) is 4.98 Å². The highest BCUT2D eigenvalue weighted by Gasteiger charge is 2.06. The molecule has 0 radical (unpaired) electrons. The van der Waals surface area contributed by atoms with Gasteiger partial charge in [-0.2, -0.15) is 0 Å². The summed E-state index contributed by atoms with van der Waals surface area (Å²) in [5.74, 6) is 1.45. The number of ether oxygens (including phenoxy) is 1. The monoisotopic (exact) mass is 251 g/mol. The van der Waals surface area contributed by atoms with E-state index >= 15 is 0 Å². The summed E-state index contributed by atoms with van der Waals surface area (Å²) < 4.78 is 5.38. The van der Waals surface area contributed by atoms with Gasteiger partial charge in [0.25, 0.3) is 0 Å². The molecule has 0 unspecified atom stereocenters. The van der Waals surface area contributed by atoms with Crippen LogP contribution in [0.3, 0.4) is 0 Å². The number of aromatic nitrogens is 2. The van der Waals surface area contributed by atoms with Gasteiger partial charge in [0.15, 0.2) is 0 Å². The number of hydrogen-bond donors (Lipinski definition) is 2. The number of aromatic amines is 1. The molecule has 0 saturated heterocycles. The first-order valence-corrected chi connectivity index (χ1v) is 5.79. The maximum absolute atomic E-state index is 6.11. The Kier molecular flexibility index (Phi) is 3.66. The molecule has 0 saturated carbocycles. The number of imidazole rings is 1. The Balaban J connectivity index is 2.30. The van der Waals surface area contributed by atoms with E-state index < -0.39 is 0 Å². The normalized spacial score (nSPS) is 10.5. The molecular formula is C12H14ClN3O. The number of nitrogens with two attached hydrogens (primary N) is 1. The van der Waals surface area contributed by atoms with Crippen LogP contribution in [0.25, 0.3) is 11.3 Å². The van der Waals surface area contributed by atoms with Crippen LogP contribution >= 0.6 is 11.6 Å². The van der Waals surface area contributed by atoms with Crippen molar-refractivity contribution >= 4 is 11.6 Å². The van der Waals surface area contributed by atoms with E-state index in [1.807, 2.05) is 25.1 Å². The first-order chi connectivity index (χ1) is 8.24. The van der Waals surface area contributed by atoms with E-state index in [1.54, 1.807) is 6.20 Å². The molecule has 0 fully saturated rings. The van der Waals surface area contributed by atoms with Crippen LogP contribution < -0.4 is 10.5 Å². The maximum Gasteiger partial charge on any atom is 0.137 e. The molecule has 0 aliphatic heterocycles. The van der Waals surface area contributed by atoms with E-state index in [0.717, 1.165) is 17.1 Å². The van der Waals surface area contributed by atoms with Gasteiger partial charge in [-0.15, -0.1) is 0 Å². The summed E-state index contributed by atoms with van der Waals surface area (Å²) in [6.45, 7) is 2.91. The molecule has 3 N–H and O–H groups in total. The van der Waals surface area contributed by atoms with E-state index in [0.29, 0.717) is 23.9 Å². The fourth-order valence-electron chi connectivity index (χ4n) is 1.55. The number of benzene rings is 1. The molecule has 17 heavy (non-hydrogen) atoms. The van der Waals surface area contributed by atoms with Crippen molar-refractivity contribution < 1.29 is 4.74 Å². The average Bonchev–Trinajstić information content (AvgIpc) is 2.80. The Labute approximate surface area is 105 Å². The zero-order valence-electron chi connectivity index (χ0n) is 9.53. The Morgan fingerprint density at radius 2 is 2.29 bits per heavy atom. The molecule has 0 aliphatic carbocycles. The number of rotatable bonds is 4. The lowest BCUT2D eigenvalue weighted by molar-refractivity contribution is 0.340. The fourth-order valence-corrected chi connectivity index (χ4v) is 1.79. The first kappa shape index (κ1) is 12.0. The highest BCUT2D eigenvalue weighted by molar-refractivity contribution is 6.32. The molecule has 5 heteroatoms. The Hall–Kier alpha value is -1.52. The lowest BCUT2D eigenvalue weighted by Gasteiger charge is -2.06. The minimum absolute atomic E-state index is 0.394. The highest BCUT2D eigenvalue weighted by Crippen LogP contribution is 2.29. The molecule has 1 heterocycles. The van der Waals surface area contributed by atoms with Gasteiger partial charge in [-0.3, -0.25) is 0 Å². The summed E-state index contributed by atoms with van der Waals surface area (Å²) in [6.07, 6.45) is 1.74. The second-order valence-electron chi connectivity index (χ2n) is 3.53. The molecule has 0 atom stereocenters. The van der Waals surface area contributed by atoms with Crippen LogP contribution in [0.15, 0.2) is 24.4 Å². The number of hydrogen-bond acceptors (Lipinski definition) is 3. The average molecular weight is 252 g/mol. The second-order valence-corrected chi connectivity index (χ2v) is 3.93. The third-order valence-electron chi connectivity index (χ3n) is 2.36. The summed E-state index contributed by atoms with van der Waals surface area (Å²) >= 11 is 6.11. The third kappa shape index (κ3) is 2.60.